The second-order valence-electron chi connectivity index (χ2n) is 5.55. The van der Waals surface area contributed by atoms with Gasteiger partial charge in [-0.1, -0.05) is 0 Å². The van der Waals surface area contributed by atoms with Crippen LogP contribution in [0.25, 0.3) is 0 Å². The summed E-state index contributed by atoms with van der Waals surface area (Å²) < 4.78 is 57.7. The van der Waals surface area contributed by atoms with Gasteiger partial charge in [0, 0.05) is 18.4 Å². The first kappa shape index (κ1) is 16.6. The van der Waals surface area contributed by atoms with Crippen molar-refractivity contribution in [3.8, 4) is 5.75 Å². The molecule has 0 amide bonds. The summed E-state index contributed by atoms with van der Waals surface area (Å²) in [4.78, 5) is 10.6. The van der Waals surface area contributed by atoms with Gasteiger partial charge < -0.3 is 9.84 Å². The number of halogens is 2. The van der Waals surface area contributed by atoms with Gasteiger partial charge in [-0.25, -0.2) is 26.7 Å². The highest BCUT2D eigenvalue weighted by molar-refractivity contribution is 7.89. The number of methoxy groups -OCH3 is 1. The molecule has 0 atom stereocenters. The van der Waals surface area contributed by atoms with Gasteiger partial charge in [-0.15, -0.1) is 0 Å². The Labute approximate surface area is 126 Å². The van der Waals surface area contributed by atoms with E-state index in [1.807, 2.05) is 0 Å². The van der Waals surface area contributed by atoms with Crippen molar-refractivity contribution in [3.05, 3.63) is 23.8 Å². The molecule has 0 aromatic heterocycles. The lowest BCUT2D eigenvalue weighted by Gasteiger charge is -2.44. The number of hydrogen-bond donors (Lipinski definition) is 2. The molecule has 1 aliphatic rings. The molecule has 1 saturated carbocycles. The highest BCUT2D eigenvalue weighted by Crippen LogP contribution is 2.46. The lowest BCUT2D eigenvalue weighted by molar-refractivity contribution is -0.121. The van der Waals surface area contributed by atoms with E-state index in [0.717, 1.165) is 18.2 Å². The first-order chi connectivity index (χ1) is 9.98. The quantitative estimate of drug-likeness (QED) is 0.857. The Morgan fingerprint density at radius 1 is 1.36 bits per heavy atom. The van der Waals surface area contributed by atoms with Crippen LogP contribution in [-0.4, -0.2) is 38.1 Å². The third kappa shape index (κ3) is 3.20. The Bertz CT molecular complexity index is 709. The minimum absolute atomic E-state index is 0.141. The van der Waals surface area contributed by atoms with E-state index < -0.39 is 40.3 Å². The van der Waals surface area contributed by atoms with E-state index in [1.165, 1.54) is 14.0 Å². The summed E-state index contributed by atoms with van der Waals surface area (Å²) in [6, 6.07) is 3.25. The molecular weight excluding hydrogens is 320 g/mol. The Kier molecular flexibility index (Phi) is 3.90. The van der Waals surface area contributed by atoms with E-state index in [4.69, 9.17) is 9.84 Å². The van der Waals surface area contributed by atoms with E-state index >= 15 is 0 Å². The van der Waals surface area contributed by atoms with Gasteiger partial charge in [0.05, 0.1) is 12.7 Å². The maximum atomic E-state index is 13.0. The molecule has 1 aromatic carbocycles. The van der Waals surface area contributed by atoms with E-state index in [-0.39, 0.29) is 16.2 Å². The molecule has 1 fully saturated rings. The number of benzene rings is 1. The van der Waals surface area contributed by atoms with Gasteiger partial charge >= 0.3 is 5.97 Å². The fraction of sp³-hybridized carbons (Fsp3) is 0.462. The van der Waals surface area contributed by atoms with Crippen molar-refractivity contribution < 1.29 is 31.8 Å². The number of alkyl halides is 2. The fourth-order valence-corrected chi connectivity index (χ4v) is 4.12. The van der Waals surface area contributed by atoms with Crippen molar-refractivity contribution >= 4 is 16.0 Å². The van der Waals surface area contributed by atoms with Crippen molar-refractivity contribution in [2.24, 2.45) is 0 Å². The summed E-state index contributed by atoms with van der Waals surface area (Å²) in [6.45, 7) is 1.39. The number of nitrogens with one attached hydrogen (secondary N) is 1. The van der Waals surface area contributed by atoms with Crippen molar-refractivity contribution in [2.45, 2.75) is 36.1 Å². The summed E-state index contributed by atoms with van der Waals surface area (Å²) in [5, 5.41) is 8.89. The second-order valence-corrected chi connectivity index (χ2v) is 7.20. The second kappa shape index (κ2) is 5.17. The molecule has 1 aliphatic carbocycles. The molecule has 0 heterocycles. The standard InChI is InChI=1S/C13H15F2NO5S/c1-12(6-13(14,15)7-12)16-22(19,20)10-4-3-8(11(17)18)5-9(10)21-2/h3-5,16H,6-7H2,1-2H3,(H,17,18). The molecule has 122 valence electrons. The van der Waals surface area contributed by atoms with Crippen LogP contribution in [-0.2, 0) is 10.0 Å². The molecule has 6 nitrogen and oxygen atoms in total. The molecule has 9 heteroatoms. The number of rotatable bonds is 5. The van der Waals surface area contributed by atoms with Crippen molar-refractivity contribution in [1.29, 1.82) is 0 Å². The molecule has 2 N–H and O–H groups in total. The summed E-state index contributed by atoms with van der Waals surface area (Å²) in [7, 11) is -2.92. The Morgan fingerprint density at radius 3 is 2.41 bits per heavy atom. The van der Waals surface area contributed by atoms with Gasteiger partial charge in [0.2, 0.25) is 10.0 Å². The number of hydrogen-bond acceptors (Lipinski definition) is 4. The zero-order chi connectivity index (χ0) is 16.8. The number of carbonyl (C=O) groups is 1. The molecule has 22 heavy (non-hydrogen) atoms. The normalized spacial score (nSPS) is 19.3. The third-order valence-corrected chi connectivity index (χ3v) is 5.06. The Hall–Kier alpha value is -1.74. The van der Waals surface area contributed by atoms with Crippen LogP contribution in [0, 0.1) is 0 Å². The minimum Gasteiger partial charge on any atom is -0.495 e. The lowest BCUT2D eigenvalue weighted by Crippen LogP contribution is -2.60. The number of aromatic carboxylic acids is 1. The number of sulfonamides is 1. The molecule has 0 spiro atoms. The van der Waals surface area contributed by atoms with Gasteiger partial charge in [-0.05, 0) is 25.1 Å². The summed E-state index contributed by atoms with van der Waals surface area (Å²) in [5.74, 6) is -4.28. The van der Waals surface area contributed by atoms with E-state index in [0.29, 0.717) is 0 Å². The van der Waals surface area contributed by atoms with Crippen molar-refractivity contribution in [3.63, 3.8) is 0 Å². The van der Waals surface area contributed by atoms with Crippen LogP contribution in [0.1, 0.15) is 30.1 Å². The maximum absolute atomic E-state index is 13.0. The SMILES string of the molecule is COc1cc(C(=O)O)ccc1S(=O)(=O)NC1(C)CC(F)(F)C1. The molecule has 0 saturated heterocycles. The molecule has 0 radical (unpaired) electrons. The van der Waals surface area contributed by atoms with Gasteiger partial charge in [0.25, 0.3) is 5.92 Å². The average molecular weight is 335 g/mol. The predicted molar refractivity (Wildman–Crippen MR) is 72.9 cm³/mol. The summed E-state index contributed by atoms with van der Waals surface area (Å²) in [5.41, 5.74) is -1.38. The molecule has 0 aliphatic heterocycles. The van der Waals surface area contributed by atoms with E-state index in [2.05, 4.69) is 4.72 Å². The summed E-state index contributed by atoms with van der Waals surface area (Å²) in [6.07, 6.45) is -1.18. The van der Waals surface area contributed by atoms with Crippen LogP contribution in [0.4, 0.5) is 8.78 Å². The molecule has 1 aromatic rings. The van der Waals surface area contributed by atoms with Crippen LogP contribution in [0.3, 0.4) is 0 Å². The molecule has 0 bridgehead atoms. The smallest absolute Gasteiger partial charge is 0.335 e. The average Bonchev–Trinajstić information content (AvgIpc) is 2.34. The Morgan fingerprint density at radius 2 is 1.95 bits per heavy atom. The number of ether oxygens (including phenoxy) is 1. The largest absolute Gasteiger partial charge is 0.495 e. The maximum Gasteiger partial charge on any atom is 0.335 e. The fourth-order valence-electron chi connectivity index (χ4n) is 2.56. The number of carboxylic acid groups (broad SMARTS) is 1. The lowest BCUT2D eigenvalue weighted by atomic mass is 9.76. The van der Waals surface area contributed by atoms with Gasteiger partial charge in [-0.2, -0.15) is 0 Å². The highest BCUT2D eigenvalue weighted by Gasteiger charge is 2.55. The first-order valence-corrected chi connectivity index (χ1v) is 7.80. The Balaban J connectivity index is 2.32. The van der Waals surface area contributed by atoms with Crippen LogP contribution in [0.15, 0.2) is 23.1 Å². The van der Waals surface area contributed by atoms with Crippen LogP contribution in [0.2, 0.25) is 0 Å². The number of carboxylic acids is 1. The minimum atomic E-state index is -4.12. The van der Waals surface area contributed by atoms with Gasteiger partial charge in [0.15, 0.2) is 0 Å². The van der Waals surface area contributed by atoms with E-state index in [1.54, 1.807) is 0 Å². The van der Waals surface area contributed by atoms with E-state index in [9.17, 15) is 22.0 Å². The highest BCUT2D eigenvalue weighted by atomic mass is 32.2. The van der Waals surface area contributed by atoms with Crippen LogP contribution < -0.4 is 9.46 Å². The van der Waals surface area contributed by atoms with Gasteiger partial charge in [-0.3, -0.25) is 0 Å². The predicted octanol–water partition coefficient (Wildman–Crippen LogP) is 1.86. The zero-order valence-corrected chi connectivity index (χ0v) is 12.7. The van der Waals surface area contributed by atoms with Gasteiger partial charge in [0.1, 0.15) is 10.6 Å². The molecule has 2 rings (SSSR count). The topological polar surface area (TPSA) is 92.7 Å². The molecular formula is C13H15F2NO5S. The van der Waals surface area contributed by atoms with Crippen molar-refractivity contribution in [2.75, 3.05) is 7.11 Å². The first-order valence-electron chi connectivity index (χ1n) is 6.31. The van der Waals surface area contributed by atoms with Crippen LogP contribution in [0.5, 0.6) is 5.75 Å². The zero-order valence-electron chi connectivity index (χ0n) is 11.9. The van der Waals surface area contributed by atoms with Crippen LogP contribution >= 0.6 is 0 Å². The monoisotopic (exact) mass is 335 g/mol. The third-order valence-electron chi connectivity index (χ3n) is 3.38. The van der Waals surface area contributed by atoms with Crippen molar-refractivity contribution in [1.82, 2.24) is 4.72 Å². The summed E-state index contributed by atoms with van der Waals surface area (Å²) >= 11 is 0. The molecule has 0 unspecified atom stereocenters.